The molecule has 5 aromatic rings. The fourth-order valence-corrected chi connectivity index (χ4v) is 3.54. The Morgan fingerprint density at radius 1 is 0.839 bits per heavy atom. The van der Waals surface area contributed by atoms with Crippen molar-refractivity contribution in [3.8, 4) is 28.1 Å². The molecule has 0 saturated heterocycles. The number of hydrogen-bond acceptors (Lipinski definition) is 3. The average Bonchev–Trinajstić information content (AvgIpc) is 3.24. The maximum atomic E-state index is 13.3. The van der Waals surface area contributed by atoms with E-state index in [-0.39, 0.29) is 5.82 Å². The smallest absolute Gasteiger partial charge is 0.163 e. The predicted molar refractivity (Wildman–Crippen MR) is 120 cm³/mol. The highest BCUT2D eigenvalue weighted by atomic mass is 35.5. The second-order valence-corrected chi connectivity index (χ2v) is 7.51. The standard InChI is InChI=1S/C25H17ClFN3O/c26-20-7-1-17(2-8-20)16-31-22-11-5-19(6-12-22)24-13-14-28-25-23(15-29-30(24)25)18-3-9-21(27)10-4-18/h1-15H,16H2. The van der Waals surface area contributed by atoms with Crippen LogP contribution in [0.5, 0.6) is 5.75 Å². The second kappa shape index (κ2) is 8.20. The normalized spacial score (nSPS) is 11.0. The maximum Gasteiger partial charge on any atom is 0.163 e. The summed E-state index contributed by atoms with van der Waals surface area (Å²) in [5, 5.41) is 5.22. The summed E-state index contributed by atoms with van der Waals surface area (Å²) >= 11 is 5.92. The van der Waals surface area contributed by atoms with E-state index < -0.39 is 0 Å². The van der Waals surface area contributed by atoms with Gasteiger partial charge in [0, 0.05) is 22.3 Å². The van der Waals surface area contributed by atoms with Crippen molar-refractivity contribution in [1.82, 2.24) is 14.6 Å². The van der Waals surface area contributed by atoms with E-state index in [9.17, 15) is 4.39 Å². The van der Waals surface area contributed by atoms with Crippen LogP contribution in [0.3, 0.4) is 0 Å². The first kappa shape index (κ1) is 19.3. The van der Waals surface area contributed by atoms with Crippen molar-refractivity contribution in [2.75, 3.05) is 0 Å². The number of aromatic nitrogens is 3. The van der Waals surface area contributed by atoms with Gasteiger partial charge in [0.1, 0.15) is 18.2 Å². The molecule has 2 heterocycles. The van der Waals surface area contributed by atoms with Crippen molar-refractivity contribution in [3.05, 3.63) is 108 Å². The Bertz CT molecular complexity index is 1330. The summed E-state index contributed by atoms with van der Waals surface area (Å²) in [6.07, 6.45) is 3.51. The quantitative estimate of drug-likeness (QED) is 0.323. The number of ether oxygens (including phenoxy) is 1. The van der Waals surface area contributed by atoms with Crippen molar-refractivity contribution < 1.29 is 9.13 Å². The number of hydrogen-bond donors (Lipinski definition) is 0. The number of halogens is 2. The van der Waals surface area contributed by atoms with Gasteiger partial charge in [0.15, 0.2) is 5.65 Å². The van der Waals surface area contributed by atoms with Crippen LogP contribution in [0.15, 0.2) is 91.3 Å². The fraction of sp³-hybridized carbons (Fsp3) is 0.0400. The number of fused-ring (bicyclic) bond motifs is 1. The molecular weight excluding hydrogens is 413 g/mol. The van der Waals surface area contributed by atoms with Crippen LogP contribution in [0.2, 0.25) is 5.02 Å². The number of benzene rings is 3. The lowest BCUT2D eigenvalue weighted by Gasteiger charge is -2.09. The molecule has 0 N–H and O–H groups in total. The molecule has 152 valence electrons. The van der Waals surface area contributed by atoms with Gasteiger partial charge in [-0.25, -0.2) is 13.9 Å². The molecule has 0 fully saturated rings. The average molecular weight is 430 g/mol. The van der Waals surface area contributed by atoms with E-state index >= 15 is 0 Å². The molecule has 2 aromatic heterocycles. The largest absolute Gasteiger partial charge is 0.489 e. The zero-order chi connectivity index (χ0) is 21.2. The van der Waals surface area contributed by atoms with E-state index in [1.807, 2.05) is 54.6 Å². The third kappa shape index (κ3) is 4.00. The van der Waals surface area contributed by atoms with Gasteiger partial charge in [0.25, 0.3) is 0 Å². The summed E-state index contributed by atoms with van der Waals surface area (Å²) in [5.41, 5.74) is 5.38. The Morgan fingerprint density at radius 2 is 1.55 bits per heavy atom. The third-order valence-corrected chi connectivity index (χ3v) is 5.28. The van der Waals surface area contributed by atoms with Crippen LogP contribution in [0.1, 0.15) is 5.56 Å². The van der Waals surface area contributed by atoms with Gasteiger partial charge in [-0.1, -0.05) is 35.9 Å². The van der Waals surface area contributed by atoms with E-state index in [1.165, 1.54) is 12.1 Å². The highest BCUT2D eigenvalue weighted by Gasteiger charge is 2.12. The first-order valence-electron chi connectivity index (χ1n) is 9.74. The van der Waals surface area contributed by atoms with Crippen LogP contribution < -0.4 is 4.74 Å². The van der Waals surface area contributed by atoms with Crippen molar-refractivity contribution in [2.45, 2.75) is 6.61 Å². The van der Waals surface area contributed by atoms with Gasteiger partial charge in [-0.15, -0.1) is 0 Å². The summed E-state index contributed by atoms with van der Waals surface area (Å²) in [5.74, 6) is 0.503. The van der Waals surface area contributed by atoms with Gasteiger partial charge in [-0.2, -0.15) is 5.10 Å². The Hall–Kier alpha value is -3.70. The summed E-state index contributed by atoms with van der Waals surface area (Å²) in [6.45, 7) is 0.468. The highest BCUT2D eigenvalue weighted by Crippen LogP contribution is 2.28. The molecule has 31 heavy (non-hydrogen) atoms. The second-order valence-electron chi connectivity index (χ2n) is 7.07. The van der Waals surface area contributed by atoms with Crippen molar-refractivity contribution in [3.63, 3.8) is 0 Å². The third-order valence-electron chi connectivity index (χ3n) is 5.03. The molecule has 0 unspecified atom stereocenters. The molecule has 0 aliphatic rings. The monoisotopic (exact) mass is 429 g/mol. The zero-order valence-electron chi connectivity index (χ0n) is 16.4. The summed E-state index contributed by atoms with van der Waals surface area (Å²) in [6, 6.07) is 23.7. The van der Waals surface area contributed by atoms with Gasteiger partial charge in [-0.3, -0.25) is 0 Å². The molecule has 6 heteroatoms. The zero-order valence-corrected chi connectivity index (χ0v) is 17.1. The van der Waals surface area contributed by atoms with E-state index in [1.54, 1.807) is 29.0 Å². The Labute approximate surface area is 183 Å². The maximum absolute atomic E-state index is 13.3. The van der Waals surface area contributed by atoms with E-state index in [4.69, 9.17) is 16.3 Å². The predicted octanol–water partition coefficient (Wildman–Crippen LogP) is 6.43. The number of rotatable bonds is 5. The van der Waals surface area contributed by atoms with Crippen LogP contribution in [-0.2, 0) is 6.61 Å². The van der Waals surface area contributed by atoms with Crippen molar-refractivity contribution >= 4 is 17.2 Å². The minimum absolute atomic E-state index is 0.271. The van der Waals surface area contributed by atoms with Gasteiger partial charge in [-0.05, 0) is 65.7 Å². The molecule has 4 nitrogen and oxygen atoms in total. The molecule has 5 rings (SSSR count). The van der Waals surface area contributed by atoms with Crippen LogP contribution >= 0.6 is 11.6 Å². The van der Waals surface area contributed by atoms with Crippen molar-refractivity contribution in [2.24, 2.45) is 0 Å². The summed E-state index contributed by atoms with van der Waals surface area (Å²) in [7, 11) is 0. The topological polar surface area (TPSA) is 39.4 Å². The molecule has 0 radical (unpaired) electrons. The lowest BCUT2D eigenvalue weighted by molar-refractivity contribution is 0.306. The van der Waals surface area contributed by atoms with Gasteiger partial charge in [0.05, 0.1) is 11.9 Å². The van der Waals surface area contributed by atoms with E-state index in [0.29, 0.717) is 17.3 Å². The Morgan fingerprint density at radius 3 is 2.29 bits per heavy atom. The minimum atomic E-state index is -0.271. The molecule has 0 atom stereocenters. The molecule has 0 amide bonds. The lowest BCUT2D eigenvalue weighted by atomic mass is 10.1. The van der Waals surface area contributed by atoms with E-state index in [0.717, 1.165) is 33.7 Å². The van der Waals surface area contributed by atoms with Crippen LogP contribution in [0.4, 0.5) is 4.39 Å². The summed E-state index contributed by atoms with van der Waals surface area (Å²) in [4.78, 5) is 4.49. The SMILES string of the molecule is Fc1ccc(-c2cnn3c(-c4ccc(OCc5ccc(Cl)cc5)cc4)ccnc23)cc1. The first-order chi connectivity index (χ1) is 15.2. The lowest BCUT2D eigenvalue weighted by Crippen LogP contribution is -1.97. The van der Waals surface area contributed by atoms with Crippen LogP contribution in [-0.4, -0.2) is 14.6 Å². The van der Waals surface area contributed by atoms with Crippen molar-refractivity contribution in [1.29, 1.82) is 0 Å². The first-order valence-corrected chi connectivity index (χ1v) is 10.1. The van der Waals surface area contributed by atoms with Gasteiger partial charge in [0.2, 0.25) is 0 Å². The van der Waals surface area contributed by atoms with Gasteiger partial charge >= 0.3 is 0 Å². The van der Waals surface area contributed by atoms with E-state index in [2.05, 4.69) is 10.1 Å². The highest BCUT2D eigenvalue weighted by molar-refractivity contribution is 6.30. The fourth-order valence-electron chi connectivity index (χ4n) is 3.41. The molecule has 3 aromatic carbocycles. The molecule has 0 spiro atoms. The summed E-state index contributed by atoms with van der Waals surface area (Å²) < 4.78 is 20.9. The molecule has 0 saturated carbocycles. The molecule has 0 bridgehead atoms. The van der Waals surface area contributed by atoms with Gasteiger partial charge < -0.3 is 4.74 Å². The molecule has 0 aliphatic heterocycles. The van der Waals surface area contributed by atoms with Crippen LogP contribution in [0.25, 0.3) is 28.0 Å². The molecule has 0 aliphatic carbocycles. The number of nitrogens with zero attached hydrogens (tertiary/aromatic N) is 3. The molecular formula is C25H17ClFN3O. The Kier molecular flexibility index (Phi) is 5.10. The Balaban J connectivity index is 1.40. The van der Waals surface area contributed by atoms with Crippen LogP contribution in [0, 0.1) is 5.82 Å². The minimum Gasteiger partial charge on any atom is -0.489 e.